The summed E-state index contributed by atoms with van der Waals surface area (Å²) >= 11 is 6.16. The maximum absolute atomic E-state index is 14.5. The number of halogens is 1. The third-order valence-electron chi connectivity index (χ3n) is 14.6. The molecule has 1 fully saturated rings. The van der Waals surface area contributed by atoms with Gasteiger partial charge in [0, 0.05) is 41.9 Å². The van der Waals surface area contributed by atoms with Crippen LogP contribution in [0.4, 0.5) is 0 Å². The fourth-order valence-electron chi connectivity index (χ4n) is 9.26. The van der Waals surface area contributed by atoms with Crippen LogP contribution in [0.15, 0.2) is 72.9 Å². The third-order valence-corrected chi connectivity index (χ3v) is 14.8. The summed E-state index contributed by atoms with van der Waals surface area (Å²) in [6.45, 7) is 4.01. The van der Waals surface area contributed by atoms with Crippen molar-refractivity contribution in [3.63, 3.8) is 0 Å². The van der Waals surface area contributed by atoms with Gasteiger partial charge in [-0.05, 0) is 108 Å². The second-order valence-electron chi connectivity index (χ2n) is 21.5. The van der Waals surface area contributed by atoms with E-state index in [9.17, 15) is 63.0 Å². The zero-order valence-corrected chi connectivity index (χ0v) is 51.0. The number of amides is 11. The van der Waals surface area contributed by atoms with E-state index < -0.39 is 163 Å². The quantitative estimate of drug-likeness (QED) is 0.0399. The Morgan fingerprint density at radius 2 is 1.19 bits per heavy atom. The lowest BCUT2D eigenvalue weighted by Crippen LogP contribution is -2.63. The van der Waals surface area contributed by atoms with E-state index in [4.69, 9.17) is 40.3 Å². The lowest BCUT2D eigenvalue weighted by molar-refractivity contribution is -0.136. The molecule has 23 N–H and O–H groups in total. The maximum atomic E-state index is 14.5. The molecule has 0 aliphatic carbocycles. The molecule has 0 spiro atoms. The number of hydrogen-bond acceptors (Lipinski definition) is 19. The molecule has 13 atom stereocenters. The van der Waals surface area contributed by atoms with Gasteiger partial charge < -0.3 is 97.4 Å². The maximum Gasteiger partial charge on any atom is 0.252 e. The van der Waals surface area contributed by atoms with Crippen LogP contribution in [0.2, 0.25) is 5.02 Å². The number of nitrogens with one attached hydrogen (secondary N) is 11. The van der Waals surface area contributed by atoms with E-state index >= 15 is 0 Å². The van der Waals surface area contributed by atoms with E-state index in [1.54, 1.807) is 68.4 Å². The topological polar surface area (TPSA) is 504 Å². The summed E-state index contributed by atoms with van der Waals surface area (Å²) in [5, 5.41) is 49.8. The molecular formula is C58H86ClN17O13. The van der Waals surface area contributed by atoms with Crippen molar-refractivity contribution in [2.45, 2.75) is 145 Å². The molecule has 89 heavy (non-hydrogen) atoms. The summed E-state index contributed by atoms with van der Waals surface area (Å²) in [5.74, 6) is -11.0. The van der Waals surface area contributed by atoms with Gasteiger partial charge in [-0.3, -0.25) is 57.7 Å². The first kappa shape index (κ1) is 73.2. The van der Waals surface area contributed by atoms with Gasteiger partial charge in [-0.15, -0.1) is 0 Å². The monoisotopic (exact) mass is 1260 g/mol. The Labute approximate surface area is 520 Å². The van der Waals surface area contributed by atoms with Gasteiger partial charge in [-0.1, -0.05) is 74.3 Å². The standard InChI is InChI=1S/C58H86ClN17O13/c1-5-30(2)45-57(88)71-38(15-21-61)49(80)69-40(17-23-63)53(84)75-46(31(3)77)56(87)66-25-19-41(51(82)68-37(14-20-60)50(81)72-43(54(85)74-45)26-33-10-7-6-8-11-33)70-55(86)44(29-64)73-58(89)47(32(4)78)76-52(83)39(16-22-62)67-48(79)35-18-24-65-42(28-35)34-12-9-13-36(59)27-34/h6-13,18,24,27-28,30-32,37-41,43-47,77-78H,5,14-17,19-23,25-26,29,60-64H2,1-4H3,(H,66,87)(H,67,79)(H,68,82)(H,69,80)(H,70,86)(H,71,88)(H,72,81)(H,73,89)(H,74,85)(H,75,84)(H,76,83). The van der Waals surface area contributed by atoms with Crippen molar-refractivity contribution in [1.82, 2.24) is 63.5 Å². The van der Waals surface area contributed by atoms with Crippen molar-refractivity contribution in [3.8, 4) is 11.3 Å². The third kappa shape index (κ3) is 22.7. The summed E-state index contributed by atoms with van der Waals surface area (Å²) < 4.78 is 0. The first-order valence-corrected chi connectivity index (χ1v) is 29.7. The van der Waals surface area contributed by atoms with E-state index in [0.717, 1.165) is 6.92 Å². The van der Waals surface area contributed by atoms with Crippen LogP contribution in [-0.4, -0.2) is 192 Å². The van der Waals surface area contributed by atoms with Crippen LogP contribution >= 0.6 is 11.6 Å². The van der Waals surface area contributed by atoms with Crippen molar-refractivity contribution < 1.29 is 63.0 Å². The molecule has 488 valence electrons. The van der Waals surface area contributed by atoms with E-state index in [0.29, 0.717) is 28.3 Å². The first-order chi connectivity index (χ1) is 42.4. The Hall–Kier alpha value is -8.23. The van der Waals surface area contributed by atoms with Gasteiger partial charge in [0.1, 0.15) is 60.4 Å². The zero-order chi connectivity index (χ0) is 65.9. The predicted molar refractivity (Wildman–Crippen MR) is 328 cm³/mol. The zero-order valence-electron chi connectivity index (χ0n) is 50.2. The smallest absolute Gasteiger partial charge is 0.252 e. The molecule has 1 saturated heterocycles. The molecule has 0 saturated carbocycles. The van der Waals surface area contributed by atoms with Gasteiger partial charge >= 0.3 is 0 Å². The summed E-state index contributed by atoms with van der Waals surface area (Å²) in [7, 11) is 0. The molecule has 0 radical (unpaired) electrons. The van der Waals surface area contributed by atoms with Crippen LogP contribution in [0.1, 0.15) is 82.1 Å². The van der Waals surface area contributed by atoms with Crippen LogP contribution in [-0.2, 0) is 54.4 Å². The second-order valence-corrected chi connectivity index (χ2v) is 21.9. The average molecular weight is 1260 g/mol. The SMILES string of the molecule is CCC(C)C1NC(=O)C(Cc2ccccc2)NC(=O)C(CCN)NC(=O)C(NC(=O)C(CN)NC(=O)C(NC(=O)C(CCN)NC(=O)c2ccnc(-c3cccc(Cl)c3)c2)C(C)O)CCNC(=O)C(C(C)O)NC(=O)C(CCN)NC(=O)C(CCN)NC1=O. The molecule has 11 amide bonds. The highest BCUT2D eigenvalue weighted by molar-refractivity contribution is 6.30. The largest absolute Gasteiger partial charge is 0.391 e. The van der Waals surface area contributed by atoms with E-state index in [-0.39, 0.29) is 63.8 Å². The Kier molecular flexibility index (Phi) is 30.4. The Morgan fingerprint density at radius 3 is 1.75 bits per heavy atom. The molecular weight excluding hydrogens is 1180 g/mol. The van der Waals surface area contributed by atoms with Crippen LogP contribution in [0.3, 0.4) is 0 Å². The number of aliphatic hydroxyl groups is 2. The molecule has 31 heteroatoms. The minimum atomic E-state index is -1.79. The Morgan fingerprint density at radius 1 is 0.618 bits per heavy atom. The van der Waals surface area contributed by atoms with E-state index in [2.05, 4.69) is 63.5 Å². The molecule has 2 aromatic carbocycles. The van der Waals surface area contributed by atoms with Gasteiger partial charge in [-0.25, -0.2) is 0 Å². The van der Waals surface area contributed by atoms with Gasteiger partial charge in [0.25, 0.3) is 5.91 Å². The van der Waals surface area contributed by atoms with Crippen molar-refractivity contribution in [2.24, 2.45) is 34.6 Å². The predicted octanol–water partition coefficient (Wildman–Crippen LogP) is -5.21. The lowest BCUT2D eigenvalue weighted by atomic mass is 9.96. The first-order valence-electron chi connectivity index (χ1n) is 29.3. The number of aliphatic hydroxyl groups excluding tert-OH is 2. The fraction of sp³-hybridized carbons (Fsp3) is 0.517. The molecule has 0 bridgehead atoms. The number of hydrogen-bond donors (Lipinski definition) is 18. The number of carbonyl (C=O) groups excluding carboxylic acids is 11. The highest BCUT2D eigenvalue weighted by Gasteiger charge is 2.38. The van der Waals surface area contributed by atoms with Crippen molar-refractivity contribution in [2.75, 3.05) is 39.3 Å². The van der Waals surface area contributed by atoms with Gasteiger partial charge in [0.15, 0.2) is 0 Å². The van der Waals surface area contributed by atoms with E-state index in [1.807, 2.05) is 0 Å². The van der Waals surface area contributed by atoms with Gasteiger partial charge in [0.2, 0.25) is 59.1 Å². The highest BCUT2D eigenvalue weighted by atomic mass is 35.5. The van der Waals surface area contributed by atoms with Gasteiger partial charge in [-0.2, -0.15) is 0 Å². The minimum Gasteiger partial charge on any atom is -0.391 e. The van der Waals surface area contributed by atoms with Crippen molar-refractivity contribution in [3.05, 3.63) is 89.1 Å². The number of nitrogens with zero attached hydrogens (tertiary/aromatic N) is 1. The van der Waals surface area contributed by atoms with Gasteiger partial charge in [0.05, 0.1) is 17.9 Å². The number of rotatable bonds is 24. The molecule has 1 aliphatic rings. The van der Waals surface area contributed by atoms with E-state index in [1.165, 1.54) is 25.3 Å². The van der Waals surface area contributed by atoms with Crippen LogP contribution in [0.25, 0.3) is 11.3 Å². The summed E-state index contributed by atoms with van der Waals surface area (Å²) in [5.41, 5.74) is 31.2. The normalized spacial score (nSPS) is 22.2. The lowest BCUT2D eigenvalue weighted by Gasteiger charge is -2.30. The number of nitrogens with two attached hydrogens (primary N) is 5. The number of carbonyl (C=O) groups is 11. The van der Waals surface area contributed by atoms with Crippen molar-refractivity contribution >= 4 is 76.6 Å². The number of aromatic nitrogens is 1. The molecule has 1 aliphatic heterocycles. The molecule has 1 aromatic heterocycles. The summed E-state index contributed by atoms with van der Waals surface area (Å²) in [6, 6.07) is 2.75. The molecule has 3 aromatic rings. The second kappa shape index (κ2) is 36.9. The van der Waals surface area contributed by atoms with Crippen LogP contribution in [0.5, 0.6) is 0 Å². The van der Waals surface area contributed by atoms with Crippen LogP contribution < -0.4 is 87.2 Å². The summed E-state index contributed by atoms with van der Waals surface area (Å²) in [4.78, 5) is 159. The number of benzene rings is 2. The summed E-state index contributed by atoms with van der Waals surface area (Å²) in [6.07, 6.45) is -2.86. The molecule has 13 unspecified atom stereocenters. The molecule has 4 rings (SSSR count). The average Bonchev–Trinajstić information content (AvgIpc) is 2.30. The Balaban J connectivity index is 1.68. The molecule has 30 nitrogen and oxygen atoms in total. The van der Waals surface area contributed by atoms with Crippen molar-refractivity contribution in [1.29, 1.82) is 0 Å². The molecule has 2 heterocycles. The Bertz CT molecular complexity index is 2910. The minimum absolute atomic E-state index is 0.106. The fourth-order valence-corrected chi connectivity index (χ4v) is 9.45. The van der Waals surface area contributed by atoms with Crippen LogP contribution in [0, 0.1) is 5.92 Å². The highest BCUT2D eigenvalue weighted by Crippen LogP contribution is 2.22. The number of pyridine rings is 1.